The summed E-state index contributed by atoms with van der Waals surface area (Å²) in [5.74, 6) is 0.959. The molecule has 6 heteroatoms. The van der Waals surface area contributed by atoms with Crippen molar-refractivity contribution in [1.29, 1.82) is 0 Å². The van der Waals surface area contributed by atoms with Crippen molar-refractivity contribution in [1.82, 2.24) is 20.1 Å². The van der Waals surface area contributed by atoms with Gasteiger partial charge in [0.1, 0.15) is 5.75 Å². The van der Waals surface area contributed by atoms with Crippen LogP contribution in [0.2, 0.25) is 5.02 Å². The van der Waals surface area contributed by atoms with Crippen molar-refractivity contribution in [3.63, 3.8) is 0 Å². The molecule has 0 aliphatic carbocycles. The lowest BCUT2D eigenvalue weighted by Gasteiger charge is -2.32. The lowest BCUT2D eigenvalue weighted by Crippen LogP contribution is -2.44. The Morgan fingerprint density at radius 1 is 0.971 bits per heavy atom. The number of aromatic nitrogens is 1. The number of nitrogens with zero attached hydrogens (tertiary/aromatic N) is 2. The summed E-state index contributed by atoms with van der Waals surface area (Å²) in [6.07, 6.45) is 5.97. The zero-order chi connectivity index (χ0) is 23.3. The van der Waals surface area contributed by atoms with Crippen molar-refractivity contribution in [2.75, 3.05) is 52.9 Å². The average Bonchev–Trinajstić information content (AvgIpc) is 3.23. The number of hydrogen-bond donors (Lipinski definition) is 2. The van der Waals surface area contributed by atoms with Crippen molar-refractivity contribution in [3.05, 3.63) is 64.3 Å². The van der Waals surface area contributed by atoms with Crippen LogP contribution in [-0.2, 0) is 6.42 Å². The van der Waals surface area contributed by atoms with Crippen LogP contribution in [0.4, 0.5) is 0 Å². The molecule has 0 spiro atoms. The molecule has 5 rings (SSSR count). The number of rotatable bonds is 9. The summed E-state index contributed by atoms with van der Waals surface area (Å²) in [5.41, 5.74) is 5.06. The fourth-order valence-electron chi connectivity index (χ4n) is 5.29. The average molecular weight is 481 g/mol. The standard InChI is InChI=1S/C28H37ClN4O/c1-32-15-17-33(18-16-32)14-4-2-3-5-19-34-23-9-6-21(7-10-23)27-28-24(12-13-30-27)25-20-22(29)8-11-26(25)31-28/h6-11,20,27,30-31H,2-5,12-19H2,1H3. The first-order valence-corrected chi connectivity index (χ1v) is 13.2. The van der Waals surface area contributed by atoms with Gasteiger partial charge in [-0.3, -0.25) is 0 Å². The molecule has 1 aromatic heterocycles. The number of likely N-dealkylation sites (N-methyl/N-ethyl adjacent to an activating group) is 1. The van der Waals surface area contributed by atoms with Crippen LogP contribution >= 0.6 is 11.6 Å². The summed E-state index contributed by atoms with van der Waals surface area (Å²) in [6, 6.07) is 14.9. The van der Waals surface area contributed by atoms with E-state index in [1.807, 2.05) is 6.07 Å². The van der Waals surface area contributed by atoms with Gasteiger partial charge in [-0.05, 0) is 74.3 Å². The fourth-order valence-corrected chi connectivity index (χ4v) is 5.47. The molecule has 5 nitrogen and oxygen atoms in total. The predicted octanol–water partition coefficient (Wildman–Crippen LogP) is 5.24. The normalized spacial score (nSPS) is 19.4. The number of fused-ring (bicyclic) bond motifs is 3. The van der Waals surface area contributed by atoms with Gasteiger partial charge in [0.2, 0.25) is 0 Å². The van der Waals surface area contributed by atoms with Crippen molar-refractivity contribution in [2.24, 2.45) is 0 Å². The number of aromatic amines is 1. The molecule has 182 valence electrons. The SMILES string of the molecule is CN1CCN(CCCCCCOc2ccc(C3NCCc4c3[nH]c3ccc(Cl)cc43)cc2)CC1. The van der Waals surface area contributed by atoms with Gasteiger partial charge in [0.05, 0.1) is 12.6 Å². The number of benzene rings is 2. The quantitative estimate of drug-likeness (QED) is 0.411. The van der Waals surface area contributed by atoms with Crippen LogP contribution in [0.1, 0.15) is 48.5 Å². The van der Waals surface area contributed by atoms with Gasteiger partial charge in [-0.15, -0.1) is 0 Å². The largest absolute Gasteiger partial charge is 0.494 e. The molecule has 2 aliphatic heterocycles. The summed E-state index contributed by atoms with van der Waals surface area (Å²) in [7, 11) is 2.22. The van der Waals surface area contributed by atoms with E-state index in [0.29, 0.717) is 0 Å². The Morgan fingerprint density at radius 2 is 1.76 bits per heavy atom. The lowest BCUT2D eigenvalue weighted by atomic mass is 9.94. The van der Waals surface area contributed by atoms with E-state index >= 15 is 0 Å². The number of unbranched alkanes of at least 4 members (excludes halogenated alkanes) is 3. The van der Waals surface area contributed by atoms with Crippen LogP contribution in [0.3, 0.4) is 0 Å². The van der Waals surface area contributed by atoms with Gasteiger partial charge in [0.25, 0.3) is 0 Å². The van der Waals surface area contributed by atoms with Crippen LogP contribution in [-0.4, -0.2) is 67.7 Å². The molecule has 1 fully saturated rings. The third-order valence-electron chi connectivity index (χ3n) is 7.36. The molecule has 1 atom stereocenters. The first kappa shape index (κ1) is 23.7. The summed E-state index contributed by atoms with van der Waals surface area (Å²) < 4.78 is 6.03. The lowest BCUT2D eigenvalue weighted by molar-refractivity contribution is 0.151. The number of halogens is 1. The summed E-state index contributed by atoms with van der Waals surface area (Å²) in [6.45, 7) is 7.87. The van der Waals surface area contributed by atoms with Crippen LogP contribution in [0, 0.1) is 0 Å². The molecule has 0 bridgehead atoms. The molecule has 3 aromatic rings. The molecule has 1 saturated heterocycles. The molecule has 1 unspecified atom stereocenters. The maximum absolute atomic E-state index is 6.26. The second-order valence-electron chi connectivity index (χ2n) is 9.82. The molecule has 0 amide bonds. The van der Waals surface area contributed by atoms with E-state index < -0.39 is 0 Å². The third-order valence-corrected chi connectivity index (χ3v) is 7.60. The predicted molar refractivity (Wildman–Crippen MR) is 141 cm³/mol. The number of H-pyrrole nitrogens is 1. The van der Waals surface area contributed by atoms with E-state index in [0.717, 1.165) is 42.3 Å². The van der Waals surface area contributed by atoms with Gasteiger partial charge in [0, 0.05) is 54.3 Å². The van der Waals surface area contributed by atoms with E-state index in [9.17, 15) is 0 Å². The second-order valence-corrected chi connectivity index (χ2v) is 10.3. The molecule has 2 aromatic carbocycles. The summed E-state index contributed by atoms with van der Waals surface area (Å²) >= 11 is 6.26. The molecule has 34 heavy (non-hydrogen) atoms. The first-order chi connectivity index (χ1) is 16.7. The van der Waals surface area contributed by atoms with Gasteiger partial charge < -0.3 is 24.8 Å². The highest BCUT2D eigenvalue weighted by Gasteiger charge is 2.25. The molecule has 2 N–H and O–H groups in total. The Balaban J connectivity index is 1.08. The van der Waals surface area contributed by atoms with E-state index in [2.05, 4.69) is 63.5 Å². The maximum Gasteiger partial charge on any atom is 0.119 e. The molecule has 3 heterocycles. The smallest absolute Gasteiger partial charge is 0.119 e. The monoisotopic (exact) mass is 480 g/mol. The van der Waals surface area contributed by atoms with Gasteiger partial charge in [-0.1, -0.05) is 36.6 Å². The maximum atomic E-state index is 6.26. The van der Waals surface area contributed by atoms with Gasteiger partial charge in [-0.2, -0.15) is 0 Å². The highest BCUT2D eigenvalue weighted by molar-refractivity contribution is 6.31. The highest BCUT2D eigenvalue weighted by Crippen LogP contribution is 2.35. The van der Waals surface area contributed by atoms with E-state index in [1.165, 1.54) is 74.2 Å². The minimum atomic E-state index is 0.171. The van der Waals surface area contributed by atoms with Gasteiger partial charge in [-0.25, -0.2) is 0 Å². The molecular weight excluding hydrogens is 444 g/mol. The molecule has 0 radical (unpaired) electrons. The zero-order valence-corrected chi connectivity index (χ0v) is 21.0. The van der Waals surface area contributed by atoms with Crippen LogP contribution in [0.15, 0.2) is 42.5 Å². The molecule has 2 aliphatic rings. The Labute approximate surface area is 208 Å². The van der Waals surface area contributed by atoms with E-state index in [4.69, 9.17) is 16.3 Å². The minimum absolute atomic E-state index is 0.171. The Morgan fingerprint density at radius 3 is 2.59 bits per heavy atom. The zero-order valence-electron chi connectivity index (χ0n) is 20.3. The van der Waals surface area contributed by atoms with Crippen molar-refractivity contribution >= 4 is 22.5 Å². The second kappa shape index (κ2) is 11.1. The fraction of sp³-hybridized carbons (Fsp3) is 0.500. The minimum Gasteiger partial charge on any atom is -0.494 e. The van der Waals surface area contributed by atoms with E-state index in [1.54, 1.807) is 0 Å². The van der Waals surface area contributed by atoms with Gasteiger partial charge >= 0.3 is 0 Å². The number of piperazine rings is 1. The third kappa shape index (κ3) is 5.60. The molecule has 0 saturated carbocycles. The summed E-state index contributed by atoms with van der Waals surface area (Å²) in [4.78, 5) is 8.65. The van der Waals surface area contributed by atoms with Crippen molar-refractivity contribution < 1.29 is 4.74 Å². The number of hydrogen-bond acceptors (Lipinski definition) is 4. The Hall–Kier alpha value is -2.05. The van der Waals surface area contributed by atoms with Crippen LogP contribution < -0.4 is 10.1 Å². The van der Waals surface area contributed by atoms with Crippen molar-refractivity contribution in [3.8, 4) is 5.75 Å². The Bertz CT molecular complexity index is 1070. The van der Waals surface area contributed by atoms with Crippen molar-refractivity contribution in [2.45, 2.75) is 38.1 Å². The van der Waals surface area contributed by atoms with Crippen LogP contribution in [0.25, 0.3) is 10.9 Å². The van der Waals surface area contributed by atoms with Gasteiger partial charge in [0.15, 0.2) is 0 Å². The topological polar surface area (TPSA) is 43.5 Å². The number of ether oxygens (including phenoxy) is 1. The first-order valence-electron chi connectivity index (χ1n) is 12.8. The molecular formula is C28H37ClN4O. The Kier molecular flexibility index (Phi) is 7.75. The number of nitrogens with one attached hydrogen (secondary N) is 2. The van der Waals surface area contributed by atoms with Crippen LogP contribution in [0.5, 0.6) is 5.75 Å². The van der Waals surface area contributed by atoms with E-state index in [-0.39, 0.29) is 6.04 Å². The summed E-state index contributed by atoms with van der Waals surface area (Å²) in [5, 5.41) is 5.71. The highest BCUT2D eigenvalue weighted by atomic mass is 35.5.